The molecule has 2 heterocycles. The highest BCUT2D eigenvalue weighted by molar-refractivity contribution is 5.97. The van der Waals surface area contributed by atoms with Gasteiger partial charge in [-0.15, -0.1) is 0 Å². The lowest BCUT2D eigenvalue weighted by Gasteiger charge is -2.40. The first kappa shape index (κ1) is 21.4. The van der Waals surface area contributed by atoms with Crippen LogP contribution in [0.2, 0.25) is 0 Å². The highest BCUT2D eigenvalue weighted by Crippen LogP contribution is 2.46. The molecule has 1 saturated heterocycles. The van der Waals surface area contributed by atoms with Gasteiger partial charge in [0.2, 0.25) is 5.43 Å². The molecule has 2 N–H and O–H groups in total. The Morgan fingerprint density at radius 3 is 2.35 bits per heavy atom. The predicted molar refractivity (Wildman–Crippen MR) is 102 cm³/mol. The summed E-state index contributed by atoms with van der Waals surface area (Å²) in [6, 6.07) is 0.816. The van der Waals surface area contributed by atoms with Gasteiger partial charge in [-0.2, -0.15) is 13.2 Å². The van der Waals surface area contributed by atoms with Crippen molar-refractivity contribution >= 4 is 22.6 Å². The topological polar surface area (TPSA) is 92.0 Å². The molecule has 1 aliphatic carbocycles. The molecule has 2 fully saturated rings. The van der Waals surface area contributed by atoms with Crippen LogP contribution in [0, 0.1) is 5.82 Å². The van der Waals surface area contributed by atoms with Crippen LogP contribution in [0.5, 0.6) is 5.75 Å². The molecule has 4 rings (SSSR count). The molecule has 0 unspecified atom stereocenters. The first-order valence-corrected chi connectivity index (χ1v) is 9.71. The van der Waals surface area contributed by atoms with Crippen LogP contribution in [0.4, 0.5) is 23.2 Å². The summed E-state index contributed by atoms with van der Waals surface area (Å²) in [4.78, 5) is 25.5. The van der Waals surface area contributed by atoms with E-state index in [0.29, 0.717) is 0 Å². The Balaban J connectivity index is 1.88. The molecule has 2 aromatic rings. The molecule has 1 aromatic heterocycles. The summed E-state index contributed by atoms with van der Waals surface area (Å²) in [6.07, 6.45) is -3.43. The molecule has 0 bridgehead atoms. The van der Waals surface area contributed by atoms with E-state index in [1.807, 2.05) is 0 Å². The van der Waals surface area contributed by atoms with E-state index in [9.17, 15) is 33.0 Å². The van der Waals surface area contributed by atoms with Gasteiger partial charge in [-0.05, 0) is 18.9 Å². The number of carbonyl (C=O) groups is 1. The molecule has 31 heavy (non-hydrogen) atoms. The third kappa shape index (κ3) is 3.40. The minimum Gasteiger partial charge on any atom is -0.492 e. The molecule has 168 valence electrons. The number of alkyl halides is 3. The number of piperidine rings is 1. The zero-order valence-corrected chi connectivity index (χ0v) is 16.5. The van der Waals surface area contributed by atoms with Crippen molar-refractivity contribution < 1.29 is 37.3 Å². The van der Waals surface area contributed by atoms with Gasteiger partial charge in [0.05, 0.1) is 18.0 Å². The Bertz CT molecular complexity index is 1120. The normalized spacial score (nSPS) is 19.0. The van der Waals surface area contributed by atoms with Gasteiger partial charge in [-0.1, -0.05) is 0 Å². The van der Waals surface area contributed by atoms with Crippen molar-refractivity contribution in [2.24, 2.45) is 0 Å². The van der Waals surface area contributed by atoms with E-state index in [4.69, 9.17) is 4.74 Å². The van der Waals surface area contributed by atoms with E-state index >= 15 is 4.39 Å². The lowest BCUT2D eigenvalue weighted by molar-refractivity contribution is -0.266. The quantitative estimate of drug-likeness (QED) is 0.705. The number of aliphatic hydroxyl groups is 1. The number of aromatic carboxylic acids is 1. The van der Waals surface area contributed by atoms with Crippen molar-refractivity contribution in [3.63, 3.8) is 0 Å². The summed E-state index contributed by atoms with van der Waals surface area (Å²) in [5.74, 6) is -2.40. The van der Waals surface area contributed by atoms with Crippen LogP contribution < -0.4 is 15.1 Å². The SMILES string of the molecule is COc1c(N2CCC(O)(C(F)(F)F)CC2)c(F)cc2c(=O)c(C(=O)O)cn(C3CC3)c12. The first-order valence-electron chi connectivity index (χ1n) is 9.71. The Labute approximate surface area is 173 Å². The summed E-state index contributed by atoms with van der Waals surface area (Å²) in [6.45, 7) is -0.564. The number of nitrogens with zero attached hydrogens (tertiary/aromatic N) is 2. The minimum absolute atomic E-state index is 0.0478. The van der Waals surface area contributed by atoms with Gasteiger partial charge in [0, 0.05) is 38.2 Å². The second-order valence-electron chi connectivity index (χ2n) is 7.97. The number of anilines is 1. The number of carboxylic acids is 1. The molecule has 11 heteroatoms. The van der Waals surface area contributed by atoms with E-state index < -0.39 is 47.4 Å². The highest BCUT2D eigenvalue weighted by atomic mass is 19.4. The molecular weight excluding hydrogens is 424 g/mol. The van der Waals surface area contributed by atoms with Gasteiger partial charge in [0.1, 0.15) is 11.3 Å². The number of ether oxygens (including phenoxy) is 1. The fourth-order valence-electron chi connectivity index (χ4n) is 4.11. The summed E-state index contributed by atoms with van der Waals surface area (Å²) in [5.41, 5.74) is -4.13. The number of methoxy groups -OCH3 is 1. The second-order valence-corrected chi connectivity index (χ2v) is 7.97. The first-order chi connectivity index (χ1) is 14.5. The van der Waals surface area contributed by atoms with E-state index in [2.05, 4.69) is 0 Å². The average molecular weight is 444 g/mol. The molecular formula is C20H20F4N2O5. The number of rotatable bonds is 4. The van der Waals surface area contributed by atoms with Gasteiger partial charge < -0.3 is 24.4 Å². The lowest BCUT2D eigenvalue weighted by Crippen LogP contribution is -2.53. The second kappa shape index (κ2) is 7.11. The van der Waals surface area contributed by atoms with Crippen LogP contribution in [0.3, 0.4) is 0 Å². The van der Waals surface area contributed by atoms with Crippen molar-refractivity contribution in [3.05, 3.63) is 33.9 Å². The molecule has 2 aliphatic rings. The number of pyridine rings is 1. The van der Waals surface area contributed by atoms with Crippen LogP contribution in [0.1, 0.15) is 42.1 Å². The Kier molecular flexibility index (Phi) is 4.91. The molecule has 0 radical (unpaired) electrons. The predicted octanol–water partition coefficient (Wildman–Crippen LogP) is 3.08. The number of fused-ring (bicyclic) bond motifs is 1. The molecule has 1 aromatic carbocycles. The number of hydrogen-bond acceptors (Lipinski definition) is 5. The average Bonchev–Trinajstić information content (AvgIpc) is 3.52. The highest BCUT2D eigenvalue weighted by Gasteiger charge is 2.54. The van der Waals surface area contributed by atoms with Gasteiger partial charge in [-0.25, -0.2) is 9.18 Å². The van der Waals surface area contributed by atoms with Crippen molar-refractivity contribution in [1.29, 1.82) is 0 Å². The van der Waals surface area contributed by atoms with Crippen LogP contribution in [0.15, 0.2) is 17.1 Å². The largest absolute Gasteiger partial charge is 0.492 e. The fraction of sp³-hybridized carbons (Fsp3) is 0.500. The Morgan fingerprint density at radius 1 is 1.26 bits per heavy atom. The smallest absolute Gasteiger partial charge is 0.417 e. The fourth-order valence-corrected chi connectivity index (χ4v) is 4.11. The van der Waals surface area contributed by atoms with Crippen LogP contribution in [0.25, 0.3) is 10.9 Å². The van der Waals surface area contributed by atoms with Crippen LogP contribution in [-0.4, -0.2) is 52.7 Å². The maximum Gasteiger partial charge on any atom is 0.417 e. The monoisotopic (exact) mass is 444 g/mol. The zero-order valence-electron chi connectivity index (χ0n) is 16.5. The van der Waals surface area contributed by atoms with Crippen LogP contribution in [-0.2, 0) is 0 Å². The van der Waals surface area contributed by atoms with Gasteiger partial charge in [0.25, 0.3) is 0 Å². The molecule has 1 aliphatic heterocycles. The lowest BCUT2D eigenvalue weighted by atomic mass is 9.90. The summed E-state index contributed by atoms with van der Waals surface area (Å²) >= 11 is 0. The van der Waals surface area contributed by atoms with E-state index in [1.54, 1.807) is 4.57 Å². The van der Waals surface area contributed by atoms with Gasteiger partial charge in [0.15, 0.2) is 17.2 Å². The van der Waals surface area contributed by atoms with Crippen molar-refractivity contribution in [1.82, 2.24) is 4.57 Å². The minimum atomic E-state index is -4.80. The summed E-state index contributed by atoms with van der Waals surface area (Å²) in [5, 5.41) is 19.1. The number of carboxylic acid groups (broad SMARTS) is 1. The molecule has 0 amide bonds. The molecule has 0 atom stereocenters. The maximum absolute atomic E-state index is 15.1. The van der Waals surface area contributed by atoms with Gasteiger partial charge in [-0.3, -0.25) is 4.79 Å². The van der Waals surface area contributed by atoms with Crippen molar-refractivity contribution in [3.8, 4) is 5.75 Å². The number of aromatic nitrogens is 1. The van der Waals surface area contributed by atoms with Gasteiger partial charge >= 0.3 is 12.1 Å². The maximum atomic E-state index is 15.1. The summed E-state index contributed by atoms with van der Waals surface area (Å²) < 4.78 is 61.5. The van der Waals surface area contributed by atoms with E-state index in [-0.39, 0.29) is 41.5 Å². The zero-order chi connectivity index (χ0) is 22.7. The summed E-state index contributed by atoms with van der Waals surface area (Å²) in [7, 11) is 1.25. The van der Waals surface area contributed by atoms with E-state index in [1.165, 1.54) is 18.2 Å². The molecule has 0 spiro atoms. The number of hydrogen-bond donors (Lipinski definition) is 2. The molecule has 1 saturated carbocycles. The molecule has 7 nitrogen and oxygen atoms in total. The Morgan fingerprint density at radius 2 is 1.87 bits per heavy atom. The third-order valence-corrected chi connectivity index (χ3v) is 6.01. The Hall–Kier alpha value is -2.82. The van der Waals surface area contributed by atoms with Crippen LogP contribution >= 0.6 is 0 Å². The van der Waals surface area contributed by atoms with E-state index in [0.717, 1.165) is 18.9 Å². The van der Waals surface area contributed by atoms with Crippen molar-refractivity contribution in [2.45, 2.75) is 43.5 Å². The number of benzene rings is 1. The third-order valence-electron chi connectivity index (χ3n) is 6.01. The number of halogens is 4. The van der Waals surface area contributed by atoms with Crippen molar-refractivity contribution in [2.75, 3.05) is 25.1 Å². The standard InChI is InChI=1S/C20H20F4N2O5/c1-31-17-14-11(16(27)12(18(28)29)9-26(14)10-2-3-10)8-13(21)15(17)25-6-4-19(30,5-7-25)20(22,23)24/h8-10,30H,2-7H2,1H3,(H,28,29).